The number of carbonyl (C=O) groups is 2. The zero-order chi connectivity index (χ0) is 15.2. The molecule has 21 heavy (non-hydrogen) atoms. The molecule has 1 heterocycles. The number of aliphatic hydroxyl groups is 1. The summed E-state index contributed by atoms with van der Waals surface area (Å²) in [7, 11) is 0. The largest absolute Gasteiger partial charge is 0.479 e. The van der Waals surface area contributed by atoms with E-state index in [0.717, 1.165) is 14.6 Å². The molecular formula is C13H14N2O4S2. The van der Waals surface area contributed by atoms with Gasteiger partial charge in [-0.15, -0.1) is 11.3 Å². The van der Waals surface area contributed by atoms with E-state index in [0.29, 0.717) is 0 Å². The van der Waals surface area contributed by atoms with Gasteiger partial charge in [0.2, 0.25) is 5.91 Å². The number of amides is 1. The lowest BCUT2D eigenvalue weighted by Crippen LogP contribution is -2.31. The molecular weight excluding hydrogens is 312 g/mol. The summed E-state index contributed by atoms with van der Waals surface area (Å²) in [5, 5.41) is 20.1. The number of aromatic nitrogens is 1. The lowest BCUT2D eigenvalue weighted by atomic mass is 10.2. The molecule has 0 bridgehead atoms. The minimum Gasteiger partial charge on any atom is -0.479 e. The number of rotatable bonds is 7. The van der Waals surface area contributed by atoms with Crippen molar-refractivity contribution in [2.24, 2.45) is 0 Å². The number of benzene rings is 1. The zero-order valence-corrected chi connectivity index (χ0v) is 12.6. The van der Waals surface area contributed by atoms with Crippen LogP contribution < -0.4 is 5.32 Å². The summed E-state index contributed by atoms with van der Waals surface area (Å²) >= 11 is 2.86. The van der Waals surface area contributed by atoms with Crippen LogP contribution in [0.4, 0.5) is 0 Å². The number of fused-ring (bicyclic) bond motifs is 1. The maximum atomic E-state index is 11.6. The lowest BCUT2D eigenvalue weighted by Gasteiger charge is -2.06. The van der Waals surface area contributed by atoms with E-state index in [2.05, 4.69) is 10.3 Å². The van der Waals surface area contributed by atoms with Gasteiger partial charge < -0.3 is 15.5 Å². The van der Waals surface area contributed by atoms with E-state index in [1.807, 2.05) is 24.3 Å². The van der Waals surface area contributed by atoms with Crippen LogP contribution in [0.15, 0.2) is 28.6 Å². The summed E-state index contributed by atoms with van der Waals surface area (Å²) in [5.74, 6) is -1.28. The van der Waals surface area contributed by atoms with Crippen molar-refractivity contribution in [3.8, 4) is 0 Å². The number of hydrogen-bond donors (Lipinski definition) is 3. The first-order valence-corrected chi connectivity index (χ1v) is 8.02. The van der Waals surface area contributed by atoms with Crippen LogP contribution in [-0.2, 0) is 9.59 Å². The van der Waals surface area contributed by atoms with E-state index in [4.69, 9.17) is 10.2 Å². The van der Waals surface area contributed by atoms with Gasteiger partial charge in [0.25, 0.3) is 0 Å². The van der Waals surface area contributed by atoms with Gasteiger partial charge in [-0.2, -0.15) is 0 Å². The predicted molar refractivity (Wildman–Crippen MR) is 81.6 cm³/mol. The minimum absolute atomic E-state index is 0.00707. The molecule has 1 aromatic carbocycles. The number of nitrogens with zero attached hydrogens (tertiary/aromatic N) is 1. The van der Waals surface area contributed by atoms with Crippen molar-refractivity contribution in [3.63, 3.8) is 0 Å². The standard InChI is InChI=1S/C13H14N2O4S2/c16-9(12(18)19)5-6-14-11(17)7-20-13-15-8-3-1-2-4-10(8)21-13/h1-4,9,16H,5-7H2,(H,14,17)(H,18,19). The van der Waals surface area contributed by atoms with Crippen LogP contribution >= 0.6 is 23.1 Å². The van der Waals surface area contributed by atoms with Gasteiger partial charge in [-0.3, -0.25) is 4.79 Å². The quantitative estimate of drug-likeness (QED) is 0.664. The fourth-order valence-electron chi connectivity index (χ4n) is 1.56. The normalized spacial score (nSPS) is 12.2. The molecule has 0 spiro atoms. The third-order valence-corrected chi connectivity index (χ3v) is 4.81. The van der Waals surface area contributed by atoms with Crippen LogP contribution in [0.25, 0.3) is 10.2 Å². The molecule has 3 N–H and O–H groups in total. The van der Waals surface area contributed by atoms with E-state index >= 15 is 0 Å². The summed E-state index contributed by atoms with van der Waals surface area (Å²) in [5.41, 5.74) is 0.912. The summed E-state index contributed by atoms with van der Waals surface area (Å²) in [6, 6.07) is 7.75. The Morgan fingerprint density at radius 2 is 2.14 bits per heavy atom. The van der Waals surface area contributed by atoms with Gasteiger partial charge in [-0.25, -0.2) is 9.78 Å². The second-order valence-electron chi connectivity index (χ2n) is 4.23. The van der Waals surface area contributed by atoms with Gasteiger partial charge in [-0.05, 0) is 12.1 Å². The summed E-state index contributed by atoms with van der Waals surface area (Å²) in [6.07, 6.45) is -1.45. The van der Waals surface area contributed by atoms with E-state index in [-0.39, 0.29) is 24.6 Å². The van der Waals surface area contributed by atoms with Crippen molar-refractivity contribution in [2.45, 2.75) is 16.9 Å². The molecule has 0 aliphatic heterocycles. The molecule has 0 aliphatic carbocycles. The second-order valence-corrected chi connectivity index (χ2v) is 6.48. The molecule has 2 rings (SSSR count). The first-order valence-electron chi connectivity index (χ1n) is 6.22. The number of thiazole rings is 1. The van der Waals surface area contributed by atoms with Crippen LogP contribution in [0.2, 0.25) is 0 Å². The fourth-order valence-corrected chi connectivity index (χ4v) is 3.46. The Labute approximate surface area is 129 Å². The third-order valence-electron chi connectivity index (χ3n) is 2.63. The molecule has 1 aromatic heterocycles. The number of carbonyl (C=O) groups excluding carboxylic acids is 1. The maximum absolute atomic E-state index is 11.6. The van der Waals surface area contributed by atoms with E-state index in [1.165, 1.54) is 23.1 Å². The van der Waals surface area contributed by atoms with Crippen molar-refractivity contribution >= 4 is 45.2 Å². The maximum Gasteiger partial charge on any atom is 0.332 e. The number of carboxylic acid groups (broad SMARTS) is 1. The molecule has 2 aromatic rings. The molecule has 0 radical (unpaired) electrons. The van der Waals surface area contributed by atoms with Crippen molar-refractivity contribution in [1.29, 1.82) is 0 Å². The smallest absolute Gasteiger partial charge is 0.332 e. The molecule has 0 aliphatic rings. The average molecular weight is 326 g/mol. The molecule has 1 amide bonds. The Bertz CT molecular complexity index is 611. The van der Waals surface area contributed by atoms with Gasteiger partial charge in [0.05, 0.1) is 16.0 Å². The molecule has 6 nitrogen and oxygen atoms in total. The average Bonchev–Trinajstić information content (AvgIpc) is 2.87. The lowest BCUT2D eigenvalue weighted by molar-refractivity contribution is -0.147. The summed E-state index contributed by atoms with van der Waals surface area (Å²) in [6.45, 7) is 0.132. The highest BCUT2D eigenvalue weighted by Crippen LogP contribution is 2.28. The van der Waals surface area contributed by atoms with Crippen LogP contribution in [-0.4, -0.2) is 45.5 Å². The van der Waals surface area contributed by atoms with E-state index in [9.17, 15) is 9.59 Å². The van der Waals surface area contributed by atoms with Crippen LogP contribution in [0.3, 0.4) is 0 Å². The van der Waals surface area contributed by atoms with Crippen LogP contribution in [0.1, 0.15) is 6.42 Å². The molecule has 1 atom stereocenters. The highest BCUT2D eigenvalue weighted by molar-refractivity contribution is 8.01. The van der Waals surface area contributed by atoms with Gasteiger partial charge in [-0.1, -0.05) is 23.9 Å². The molecule has 1 unspecified atom stereocenters. The number of carboxylic acids is 1. The number of aliphatic carboxylic acids is 1. The van der Waals surface area contributed by atoms with Gasteiger partial charge in [0.1, 0.15) is 0 Å². The van der Waals surface area contributed by atoms with Crippen molar-refractivity contribution in [1.82, 2.24) is 10.3 Å². The Morgan fingerprint density at radius 1 is 1.38 bits per heavy atom. The SMILES string of the molecule is O=C(CSc1nc2ccccc2s1)NCCC(O)C(=O)O. The predicted octanol–water partition coefficient (Wildman–Crippen LogP) is 1.34. The van der Waals surface area contributed by atoms with E-state index < -0.39 is 12.1 Å². The minimum atomic E-state index is -1.44. The summed E-state index contributed by atoms with van der Waals surface area (Å²) in [4.78, 5) is 26.4. The van der Waals surface area contributed by atoms with Crippen LogP contribution in [0, 0.1) is 0 Å². The first-order chi connectivity index (χ1) is 10.1. The molecule has 112 valence electrons. The number of thioether (sulfide) groups is 1. The molecule has 0 fully saturated rings. The van der Waals surface area contributed by atoms with Crippen LogP contribution in [0.5, 0.6) is 0 Å². The number of para-hydroxylation sites is 1. The molecule has 0 saturated carbocycles. The molecule has 0 saturated heterocycles. The first kappa shape index (κ1) is 15.7. The van der Waals surface area contributed by atoms with Gasteiger partial charge >= 0.3 is 5.97 Å². The zero-order valence-electron chi connectivity index (χ0n) is 11.0. The third kappa shape index (κ3) is 4.69. The van der Waals surface area contributed by atoms with Crippen molar-refractivity contribution in [3.05, 3.63) is 24.3 Å². The molecule has 8 heteroatoms. The Morgan fingerprint density at radius 3 is 2.86 bits per heavy atom. The highest BCUT2D eigenvalue weighted by Gasteiger charge is 2.13. The fraction of sp³-hybridized carbons (Fsp3) is 0.308. The number of hydrogen-bond acceptors (Lipinski definition) is 6. The van der Waals surface area contributed by atoms with E-state index in [1.54, 1.807) is 0 Å². The van der Waals surface area contributed by atoms with Crippen molar-refractivity contribution in [2.75, 3.05) is 12.3 Å². The van der Waals surface area contributed by atoms with Crippen molar-refractivity contribution < 1.29 is 19.8 Å². The van der Waals surface area contributed by atoms with Gasteiger partial charge in [0, 0.05) is 13.0 Å². The number of nitrogens with one attached hydrogen (secondary N) is 1. The highest BCUT2D eigenvalue weighted by atomic mass is 32.2. The second kappa shape index (κ2) is 7.39. The number of aliphatic hydroxyl groups excluding tert-OH is 1. The monoisotopic (exact) mass is 326 g/mol. The Hall–Kier alpha value is -1.64. The Balaban J connectivity index is 1.75. The van der Waals surface area contributed by atoms with Gasteiger partial charge in [0.15, 0.2) is 10.4 Å². The Kier molecular flexibility index (Phi) is 5.54. The topological polar surface area (TPSA) is 99.5 Å². The summed E-state index contributed by atoms with van der Waals surface area (Å²) < 4.78 is 1.89.